The molecule has 2 N–H and O–H groups in total. The number of hydrogen-bond donors (Lipinski definition) is 2. The highest BCUT2D eigenvalue weighted by Gasteiger charge is 2.15. The summed E-state index contributed by atoms with van der Waals surface area (Å²) in [7, 11) is 3.14. The van der Waals surface area contributed by atoms with Gasteiger partial charge in [-0.3, -0.25) is 4.79 Å². The topological polar surface area (TPSA) is 101 Å². The number of nitrogens with zero attached hydrogens (tertiary/aromatic N) is 4. The molecule has 1 aromatic heterocycles. The number of allylic oxidation sites excluding steroid dienone is 2. The van der Waals surface area contributed by atoms with E-state index in [4.69, 9.17) is 4.74 Å². The third-order valence-electron chi connectivity index (χ3n) is 4.25. The van der Waals surface area contributed by atoms with Crippen LogP contribution in [0.3, 0.4) is 0 Å². The van der Waals surface area contributed by atoms with E-state index in [0.717, 1.165) is 5.56 Å². The number of ether oxygens (including phenoxy) is 1. The van der Waals surface area contributed by atoms with Crippen LogP contribution in [0.15, 0.2) is 48.4 Å². The molecule has 8 nitrogen and oxygen atoms in total. The Morgan fingerprint density at radius 2 is 2.17 bits per heavy atom. The van der Waals surface area contributed by atoms with Gasteiger partial charge in [0, 0.05) is 43.8 Å². The van der Waals surface area contributed by atoms with Crippen LogP contribution in [0.25, 0.3) is 5.57 Å². The zero-order valence-electron chi connectivity index (χ0n) is 17.4. The number of aromatic nitrogens is 3. The first-order chi connectivity index (χ1) is 14.4. The van der Waals surface area contributed by atoms with E-state index < -0.39 is 5.97 Å². The molecule has 158 valence electrons. The van der Waals surface area contributed by atoms with Crippen molar-refractivity contribution >= 4 is 23.4 Å². The fraction of sp³-hybridized carbons (Fsp3) is 0.286. The Bertz CT molecular complexity index is 970. The molecule has 1 heterocycles. The summed E-state index contributed by atoms with van der Waals surface area (Å²) >= 11 is 0. The van der Waals surface area contributed by atoms with Crippen LogP contribution in [0.4, 0.5) is 10.3 Å². The van der Waals surface area contributed by atoms with Gasteiger partial charge < -0.3 is 15.4 Å². The quantitative estimate of drug-likeness (QED) is 0.484. The highest BCUT2D eigenvalue weighted by Crippen LogP contribution is 2.28. The number of amides is 1. The maximum absolute atomic E-state index is 12.9. The molecule has 1 amide bonds. The Hall–Kier alpha value is -3.62. The van der Waals surface area contributed by atoms with Crippen molar-refractivity contribution in [1.82, 2.24) is 20.3 Å². The van der Waals surface area contributed by atoms with Gasteiger partial charge in [0.05, 0.1) is 7.11 Å². The second kappa shape index (κ2) is 10.8. The van der Waals surface area contributed by atoms with Crippen LogP contribution < -0.4 is 15.4 Å². The zero-order chi connectivity index (χ0) is 22.1. The molecule has 0 bridgehead atoms. The molecule has 9 heteroatoms. The summed E-state index contributed by atoms with van der Waals surface area (Å²) < 4.78 is 18.3. The van der Waals surface area contributed by atoms with E-state index in [1.54, 1.807) is 26.3 Å². The van der Waals surface area contributed by atoms with Crippen molar-refractivity contribution in [2.75, 3.05) is 26.0 Å². The molecule has 0 saturated carbocycles. The fourth-order valence-corrected chi connectivity index (χ4v) is 2.64. The van der Waals surface area contributed by atoms with Crippen LogP contribution in [-0.4, -0.2) is 47.5 Å². The maximum Gasteiger partial charge on any atom is 0.251 e. The highest BCUT2D eigenvalue weighted by molar-refractivity contribution is 5.94. The molecule has 1 aromatic carbocycles. The predicted molar refractivity (Wildman–Crippen MR) is 116 cm³/mol. The summed E-state index contributed by atoms with van der Waals surface area (Å²) in [6.45, 7) is 7.45. The Balaban J connectivity index is 2.16. The molecular weight excluding hydrogens is 387 g/mol. The van der Waals surface area contributed by atoms with Crippen LogP contribution in [-0.2, 0) is 0 Å². The molecule has 2 rings (SSSR count). The predicted octanol–water partition coefficient (Wildman–Crippen LogP) is 3.37. The van der Waals surface area contributed by atoms with Crippen molar-refractivity contribution < 1.29 is 13.9 Å². The molecule has 30 heavy (non-hydrogen) atoms. The SMILES string of the molecule is C=C/C(=C\N=C(C)F)c1ncnc(NCC(C)c2ccc(C(=O)NC)cc2OC)n1. The highest BCUT2D eigenvalue weighted by atomic mass is 19.1. The number of rotatable bonds is 9. The number of halogens is 1. The summed E-state index contributed by atoms with van der Waals surface area (Å²) in [6.07, 6.45) is 4.16. The van der Waals surface area contributed by atoms with Crippen LogP contribution in [0.2, 0.25) is 0 Å². The smallest absolute Gasteiger partial charge is 0.251 e. The first kappa shape index (κ1) is 22.7. The number of methoxy groups -OCH3 is 1. The van der Waals surface area contributed by atoms with Gasteiger partial charge in [-0.25, -0.2) is 15.0 Å². The zero-order valence-corrected chi connectivity index (χ0v) is 17.4. The van der Waals surface area contributed by atoms with Crippen molar-refractivity contribution in [3.05, 3.63) is 60.3 Å². The van der Waals surface area contributed by atoms with E-state index in [2.05, 4.69) is 37.2 Å². The van der Waals surface area contributed by atoms with Crippen LogP contribution in [0.1, 0.15) is 41.5 Å². The van der Waals surface area contributed by atoms with Gasteiger partial charge in [0.15, 0.2) is 11.8 Å². The minimum Gasteiger partial charge on any atom is -0.496 e. The Morgan fingerprint density at radius 1 is 1.40 bits per heavy atom. The largest absolute Gasteiger partial charge is 0.496 e. The Morgan fingerprint density at radius 3 is 2.80 bits per heavy atom. The van der Waals surface area contributed by atoms with E-state index in [-0.39, 0.29) is 11.8 Å². The van der Waals surface area contributed by atoms with Gasteiger partial charge in [-0.15, -0.1) is 0 Å². The van der Waals surface area contributed by atoms with Crippen molar-refractivity contribution in [2.24, 2.45) is 4.99 Å². The number of hydrogen-bond acceptors (Lipinski definition) is 7. The van der Waals surface area contributed by atoms with Crippen molar-refractivity contribution in [3.8, 4) is 5.75 Å². The van der Waals surface area contributed by atoms with Gasteiger partial charge in [0.1, 0.15) is 12.1 Å². The number of anilines is 1. The van der Waals surface area contributed by atoms with E-state index in [1.165, 1.54) is 25.5 Å². The van der Waals surface area contributed by atoms with Gasteiger partial charge in [0.25, 0.3) is 5.91 Å². The van der Waals surface area contributed by atoms with Gasteiger partial charge in [-0.2, -0.15) is 9.37 Å². The van der Waals surface area contributed by atoms with Crippen molar-refractivity contribution in [2.45, 2.75) is 19.8 Å². The van der Waals surface area contributed by atoms with Crippen molar-refractivity contribution in [3.63, 3.8) is 0 Å². The van der Waals surface area contributed by atoms with Crippen LogP contribution in [0.5, 0.6) is 5.75 Å². The van der Waals surface area contributed by atoms with E-state index in [1.807, 2.05) is 13.0 Å². The molecular formula is C21H25FN6O2. The summed E-state index contributed by atoms with van der Waals surface area (Å²) in [5, 5.41) is 5.75. The lowest BCUT2D eigenvalue weighted by molar-refractivity contribution is 0.0962. The fourth-order valence-electron chi connectivity index (χ4n) is 2.64. The molecule has 0 radical (unpaired) electrons. The monoisotopic (exact) mass is 412 g/mol. The third kappa shape index (κ3) is 5.94. The lowest BCUT2D eigenvalue weighted by Gasteiger charge is -2.17. The second-order valence-electron chi connectivity index (χ2n) is 6.37. The van der Waals surface area contributed by atoms with Gasteiger partial charge in [0.2, 0.25) is 5.95 Å². The summed E-state index contributed by atoms with van der Waals surface area (Å²) in [5.41, 5.74) is 1.93. The first-order valence-corrected chi connectivity index (χ1v) is 9.25. The maximum atomic E-state index is 12.9. The molecule has 1 atom stereocenters. The average molecular weight is 412 g/mol. The molecule has 2 aromatic rings. The summed E-state index contributed by atoms with van der Waals surface area (Å²) in [6, 6.07) is 5.33. The van der Waals surface area contributed by atoms with Gasteiger partial charge in [-0.1, -0.05) is 25.6 Å². The summed E-state index contributed by atoms with van der Waals surface area (Å²) in [4.78, 5) is 28.0. The van der Waals surface area contributed by atoms with E-state index >= 15 is 0 Å². The lowest BCUT2D eigenvalue weighted by Crippen LogP contribution is -2.18. The van der Waals surface area contributed by atoms with E-state index in [0.29, 0.717) is 35.2 Å². The lowest BCUT2D eigenvalue weighted by atomic mass is 9.98. The van der Waals surface area contributed by atoms with Gasteiger partial charge in [-0.05, 0) is 17.7 Å². The van der Waals surface area contributed by atoms with E-state index in [9.17, 15) is 9.18 Å². The normalized spacial score (nSPS) is 12.8. The average Bonchev–Trinajstić information content (AvgIpc) is 2.77. The number of nitrogens with one attached hydrogen (secondary N) is 2. The Labute approximate surface area is 175 Å². The first-order valence-electron chi connectivity index (χ1n) is 9.25. The van der Waals surface area contributed by atoms with Gasteiger partial charge >= 0.3 is 0 Å². The van der Waals surface area contributed by atoms with Crippen LogP contribution >= 0.6 is 0 Å². The standard InChI is InChI=1S/C21H25FN6O2/c1-6-15(11-24-14(3)22)19-26-12-27-21(28-19)25-10-13(2)17-8-7-16(20(29)23-4)9-18(17)30-5/h6-9,11-13H,1,10H2,2-5H3,(H,23,29)(H,25,26,27,28)/b15-11+,24-14?. The molecule has 0 saturated heterocycles. The van der Waals surface area contributed by atoms with Crippen molar-refractivity contribution in [1.29, 1.82) is 0 Å². The number of carbonyl (C=O) groups is 1. The Kier molecular flexibility index (Phi) is 8.16. The molecule has 0 aliphatic heterocycles. The number of benzene rings is 1. The molecule has 0 aliphatic rings. The minimum absolute atomic E-state index is 0.0344. The summed E-state index contributed by atoms with van der Waals surface area (Å²) in [5.74, 6) is 0.591. The number of aliphatic imine (C=N–C) groups is 1. The number of carbonyl (C=O) groups excluding carboxylic acids is 1. The third-order valence-corrected chi connectivity index (χ3v) is 4.25. The molecule has 0 fully saturated rings. The van der Waals surface area contributed by atoms with Crippen LogP contribution in [0, 0.1) is 0 Å². The molecule has 0 spiro atoms. The minimum atomic E-state index is -0.577. The second-order valence-corrected chi connectivity index (χ2v) is 6.37. The molecule has 0 aliphatic carbocycles. The molecule has 1 unspecified atom stereocenters.